The molecule has 4 nitrogen and oxygen atoms in total. The van der Waals surface area contributed by atoms with Crippen molar-refractivity contribution in [3.8, 4) is 0 Å². The number of fused-ring (bicyclic) bond motifs is 1. The molecule has 1 aromatic heterocycles. The summed E-state index contributed by atoms with van der Waals surface area (Å²) < 4.78 is 1.96. The zero-order valence-electron chi connectivity index (χ0n) is 14.3. The van der Waals surface area contributed by atoms with E-state index in [1.165, 1.54) is 16.8 Å². The third-order valence-corrected chi connectivity index (χ3v) is 5.86. The fraction of sp³-hybridized carbons (Fsp3) is 0.500. The maximum Gasteiger partial charge on any atom is 0.227 e. The van der Waals surface area contributed by atoms with E-state index in [1.54, 1.807) is 0 Å². The van der Waals surface area contributed by atoms with Gasteiger partial charge in [0.05, 0.1) is 17.7 Å². The first kappa shape index (κ1) is 15.4. The average Bonchev–Trinajstić information content (AvgIpc) is 2.94. The second kappa shape index (κ2) is 6.08. The summed E-state index contributed by atoms with van der Waals surface area (Å²) in [4.78, 5) is 13.1. The quantitative estimate of drug-likeness (QED) is 0.938. The fourth-order valence-electron chi connectivity index (χ4n) is 4.24. The van der Waals surface area contributed by atoms with Crippen molar-refractivity contribution in [1.82, 2.24) is 15.1 Å². The van der Waals surface area contributed by atoms with Crippen molar-refractivity contribution in [2.45, 2.75) is 51.0 Å². The number of benzene rings is 1. The van der Waals surface area contributed by atoms with Crippen LogP contribution >= 0.6 is 0 Å². The van der Waals surface area contributed by atoms with Gasteiger partial charge in [0.25, 0.3) is 0 Å². The number of amides is 1. The van der Waals surface area contributed by atoms with Crippen LogP contribution in [0.3, 0.4) is 0 Å². The van der Waals surface area contributed by atoms with E-state index in [0.29, 0.717) is 0 Å². The molecule has 24 heavy (non-hydrogen) atoms. The molecule has 0 spiro atoms. The molecule has 0 aliphatic heterocycles. The number of aromatic nitrogens is 2. The summed E-state index contributed by atoms with van der Waals surface area (Å²) >= 11 is 0. The summed E-state index contributed by atoms with van der Waals surface area (Å²) in [5, 5.41) is 7.74. The van der Waals surface area contributed by atoms with Gasteiger partial charge < -0.3 is 5.32 Å². The van der Waals surface area contributed by atoms with Crippen molar-refractivity contribution in [3.63, 3.8) is 0 Å². The first-order valence-corrected chi connectivity index (χ1v) is 9.04. The highest BCUT2D eigenvalue weighted by Gasteiger charge is 2.44. The summed E-state index contributed by atoms with van der Waals surface area (Å²) in [5.41, 5.74) is 3.54. The van der Waals surface area contributed by atoms with Crippen LogP contribution in [0.2, 0.25) is 0 Å². The van der Waals surface area contributed by atoms with Gasteiger partial charge in [0.1, 0.15) is 0 Å². The second-order valence-electron chi connectivity index (χ2n) is 7.38. The minimum absolute atomic E-state index is 0.128. The highest BCUT2D eigenvalue weighted by molar-refractivity contribution is 5.84. The van der Waals surface area contributed by atoms with Crippen LogP contribution in [-0.4, -0.2) is 15.7 Å². The lowest BCUT2D eigenvalue weighted by Crippen LogP contribution is -2.48. The van der Waals surface area contributed by atoms with E-state index in [2.05, 4.69) is 34.7 Å². The molecule has 1 heterocycles. The Kier molecular flexibility index (Phi) is 3.91. The third kappa shape index (κ3) is 2.64. The van der Waals surface area contributed by atoms with Crippen LogP contribution in [0.1, 0.15) is 55.0 Å². The van der Waals surface area contributed by atoms with Crippen molar-refractivity contribution in [1.29, 1.82) is 0 Å². The molecule has 1 aromatic carbocycles. The van der Waals surface area contributed by atoms with E-state index >= 15 is 0 Å². The van der Waals surface area contributed by atoms with E-state index < -0.39 is 0 Å². The van der Waals surface area contributed by atoms with E-state index in [-0.39, 0.29) is 17.4 Å². The maximum absolute atomic E-state index is 13.1. The van der Waals surface area contributed by atoms with Gasteiger partial charge in [-0.2, -0.15) is 5.10 Å². The molecule has 4 heteroatoms. The largest absolute Gasteiger partial charge is 0.349 e. The lowest BCUT2D eigenvalue weighted by Gasteiger charge is -2.41. The summed E-state index contributed by atoms with van der Waals surface area (Å²) in [6, 6.07) is 10.5. The minimum Gasteiger partial charge on any atom is -0.349 e. The molecular formula is C20H25N3O. The van der Waals surface area contributed by atoms with E-state index in [9.17, 15) is 4.79 Å². The summed E-state index contributed by atoms with van der Waals surface area (Å²) in [6.07, 6.45) is 9.14. The summed E-state index contributed by atoms with van der Waals surface area (Å²) in [6.45, 7) is 0. The molecule has 1 fully saturated rings. The van der Waals surface area contributed by atoms with Gasteiger partial charge in [-0.15, -0.1) is 0 Å². The molecule has 2 aliphatic carbocycles. The van der Waals surface area contributed by atoms with Gasteiger partial charge >= 0.3 is 0 Å². The molecule has 1 unspecified atom stereocenters. The molecular weight excluding hydrogens is 298 g/mol. The van der Waals surface area contributed by atoms with Crippen LogP contribution < -0.4 is 5.32 Å². The van der Waals surface area contributed by atoms with Crippen molar-refractivity contribution in [2.75, 3.05) is 0 Å². The Bertz CT molecular complexity index is 731. The highest BCUT2D eigenvalue weighted by Crippen LogP contribution is 2.45. The van der Waals surface area contributed by atoms with Crippen LogP contribution in [0, 0.1) is 5.41 Å². The van der Waals surface area contributed by atoms with E-state index in [0.717, 1.165) is 44.9 Å². The number of aryl methyl sites for hydroxylation is 1. The summed E-state index contributed by atoms with van der Waals surface area (Å²) in [5.74, 6) is 0.235. The Morgan fingerprint density at radius 2 is 2.08 bits per heavy atom. The number of hydrogen-bond acceptors (Lipinski definition) is 2. The number of rotatable bonds is 4. The van der Waals surface area contributed by atoms with Crippen LogP contribution in [0.4, 0.5) is 0 Å². The molecule has 0 radical (unpaired) electrons. The summed E-state index contributed by atoms with van der Waals surface area (Å²) in [7, 11) is 1.99. The van der Waals surface area contributed by atoms with Crippen LogP contribution in [-0.2, 0) is 24.7 Å². The smallest absolute Gasteiger partial charge is 0.227 e. The van der Waals surface area contributed by atoms with Crippen molar-refractivity contribution in [2.24, 2.45) is 12.5 Å². The Morgan fingerprint density at radius 1 is 1.29 bits per heavy atom. The Labute approximate surface area is 143 Å². The van der Waals surface area contributed by atoms with Gasteiger partial charge in [0, 0.05) is 18.3 Å². The van der Waals surface area contributed by atoms with E-state index in [4.69, 9.17) is 0 Å². The third-order valence-electron chi connectivity index (χ3n) is 5.86. The molecule has 1 amide bonds. The van der Waals surface area contributed by atoms with Gasteiger partial charge in [0.2, 0.25) is 5.91 Å². The predicted octanol–water partition coefficient (Wildman–Crippen LogP) is 3.33. The maximum atomic E-state index is 13.1. The number of carbonyl (C=O) groups is 1. The Balaban J connectivity index is 1.51. The zero-order chi connectivity index (χ0) is 16.6. The Hall–Kier alpha value is -2.10. The average molecular weight is 323 g/mol. The number of nitrogens with one attached hydrogen (secondary N) is 1. The fourth-order valence-corrected chi connectivity index (χ4v) is 4.24. The van der Waals surface area contributed by atoms with Gasteiger partial charge in [-0.05, 0) is 44.1 Å². The predicted molar refractivity (Wildman–Crippen MR) is 93.5 cm³/mol. The van der Waals surface area contributed by atoms with Crippen LogP contribution in [0.15, 0.2) is 36.5 Å². The molecule has 0 bridgehead atoms. The normalized spacial score (nSPS) is 21.6. The molecule has 1 N–H and O–H groups in total. The first-order valence-electron chi connectivity index (χ1n) is 9.04. The number of carbonyl (C=O) groups excluding carboxylic acids is 1. The molecule has 2 aromatic rings. The van der Waals surface area contributed by atoms with Crippen LogP contribution in [0.5, 0.6) is 0 Å². The topological polar surface area (TPSA) is 46.9 Å². The van der Waals surface area contributed by atoms with Crippen molar-refractivity contribution < 1.29 is 4.79 Å². The lowest BCUT2D eigenvalue weighted by atomic mass is 9.64. The number of nitrogens with zero attached hydrogens (tertiary/aromatic N) is 2. The molecule has 126 valence electrons. The molecule has 2 aliphatic rings. The highest BCUT2D eigenvalue weighted by atomic mass is 16.2. The van der Waals surface area contributed by atoms with Gasteiger partial charge in [-0.3, -0.25) is 9.48 Å². The standard InChI is InChI=1S/C20H25N3O/c1-23-18-10-5-9-17(16(18)14-21-23)22-19(24)20(11-6-12-20)13-15-7-3-2-4-8-15/h2-4,7-8,14,17H,5-6,9-13H2,1H3,(H,22,24). The SMILES string of the molecule is Cn1ncc2c1CCCC2NC(=O)C1(Cc2ccccc2)CCC1. The van der Waals surface area contributed by atoms with Crippen molar-refractivity contribution in [3.05, 3.63) is 53.3 Å². The monoisotopic (exact) mass is 323 g/mol. The molecule has 1 atom stereocenters. The molecule has 1 saturated carbocycles. The minimum atomic E-state index is -0.207. The molecule has 4 rings (SSSR count). The zero-order valence-corrected chi connectivity index (χ0v) is 14.3. The van der Waals surface area contributed by atoms with Gasteiger partial charge in [-0.25, -0.2) is 0 Å². The van der Waals surface area contributed by atoms with Crippen LogP contribution in [0.25, 0.3) is 0 Å². The first-order chi connectivity index (χ1) is 11.7. The Morgan fingerprint density at radius 3 is 2.79 bits per heavy atom. The van der Waals surface area contributed by atoms with Gasteiger partial charge in [0.15, 0.2) is 0 Å². The molecule has 0 saturated heterocycles. The van der Waals surface area contributed by atoms with Gasteiger partial charge in [-0.1, -0.05) is 36.8 Å². The second-order valence-corrected chi connectivity index (χ2v) is 7.38. The van der Waals surface area contributed by atoms with Crippen molar-refractivity contribution >= 4 is 5.91 Å². The van der Waals surface area contributed by atoms with E-state index in [1.807, 2.05) is 24.0 Å². The number of hydrogen-bond donors (Lipinski definition) is 1. The lowest BCUT2D eigenvalue weighted by molar-refractivity contribution is -0.136.